The molecule has 43 heavy (non-hydrogen) atoms. The first-order chi connectivity index (χ1) is 19.4. The summed E-state index contributed by atoms with van der Waals surface area (Å²) >= 11 is 0. The Labute approximate surface area is 252 Å². The lowest BCUT2D eigenvalue weighted by atomic mass is 9.57. The Morgan fingerprint density at radius 2 is 1.74 bits per heavy atom. The fraction of sp³-hybridized carbons (Fsp3) is 0.480. The van der Waals surface area contributed by atoms with Crippen LogP contribution in [0.4, 0.5) is 11.4 Å². The number of halogens is 1. The van der Waals surface area contributed by atoms with Crippen LogP contribution in [0.25, 0.3) is 10.7 Å². The van der Waals surface area contributed by atoms with Crippen LogP contribution in [-0.2, 0) is 31.2 Å². The average Bonchev–Trinajstić information content (AvgIpc) is 2.86. The maximum absolute atomic E-state index is 13.9. The molecule has 4 unspecified atom stereocenters. The highest BCUT2D eigenvalue weighted by molar-refractivity contribution is 7.79. The highest BCUT2D eigenvalue weighted by atomic mass is 35.5. The number of primary amides is 1. The van der Waals surface area contributed by atoms with Crippen LogP contribution in [0.5, 0.6) is 5.75 Å². The SMILES string of the molecule is CCN(CC)c1cc([N+]#N)c(O)c2c1CC1CC3C(N(C)C)C(=O)C(C(N)=O)=C(O)C3(O)C(=O)C1=C2O.Cl.O=S(=O)([O-])O. The number of carbonyl (C=O) groups is 3. The summed E-state index contributed by atoms with van der Waals surface area (Å²) in [7, 11) is -1.83. The van der Waals surface area contributed by atoms with Crippen LogP contribution in [0, 0.1) is 17.2 Å². The Balaban J connectivity index is 0.000000993. The highest BCUT2D eigenvalue weighted by Gasteiger charge is 2.64. The van der Waals surface area contributed by atoms with Crippen molar-refractivity contribution in [3.05, 3.63) is 39.1 Å². The van der Waals surface area contributed by atoms with Crippen molar-refractivity contribution < 1.29 is 52.3 Å². The van der Waals surface area contributed by atoms with Crippen LogP contribution in [0.2, 0.25) is 0 Å². The topological polar surface area (TPSA) is 270 Å². The van der Waals surface area contributed by atoms with Gasteiger partial charge in [-0.15, -0.1) is 12.4 Å². The van der Waals surface area contributed by atoms with Gasteiger partial charge in [-0.2, -0.15) is 0 Å². The van der Waals surface area contributed by atoms with Gasteiger partial charge in [-0.05, 0) is 52.3 Å². The summed E-state index contributed by atoms with van der Waals surface area (Å²) in [6.45, 7) is 4.95. The summed E-state index contributed by atoms with van der Waals surface area (Å²) in [4.78, 5) is 45.6. The molecule has 1 saturated carbocycles. The molecule has 4 atom stereocenters. The number of fused-ring (bicyclic) bond motifs is 3. The maximum Gasteiger partial charge on any atom is 0.428 e. The molecule has 3 aliphatic rings. The second kappa shape index (κ2) is 12.4. The minimum absolute atomic E-state index is 0. The van der Waals surface area contributed by atoms with E-state index in [1.165, 1.54) is 11.0 Å². The number of likely N-dealkylation sites (N-methyl/N-ethyl adjacent to an activating group) is 1. The summed E-state index contributed by atoms with van der Waals surface area (Å²) in [5.41, 5.74) is 2.26. The van der Waals surface area contributed by atoms with Crippen LogP contribution in [0.3, 0.4) is 0 Å². The van der Waals surface area contributed by atoms with E-state index in [0.29, 0.717) is 24.3 Å². The predicted molar refractivity (Wildman–Crippen MR) is 152 cm³/mol. The van der Waals surface area contributed by atoms with E-state index in [2.05, 4.69) is 4.98 Å². The van der Waals surface area contributed by atoms with Crippen molar-refractivity contribution >= 4 is 57.4 Å². The lowest BCUT2D eigenvalue weighted by Crippen LogP contribution is -2.65. The summed E-state index contributed by atoms with van der Waals surface area (Å²) < 4.78 is 32.8. The molecule has 1 fully saturated rings. The number of nitrogens with two attached hydrogens (primary N) is 1. The van der Waals surface area contributed by atoms with Gasteiger partial charge in [0.05, 0.1) is 17.7 Å². The third-order valence-corrected chi connectivity index (χ3v) is 7.89. The number of aliphatic hydroxyl groups is 3. The number of rotatable bonds is 5. The number of hydrogen-bond acceptors (Lipinski definition) is 13. The molecule has 0 heterocycles. The number of aromatic hydroxyl groups is 1. The number of aliphatic hydroxyl groups excluding tert-OH is 2. The summed E-state index contributed by atoms with van der Waals surface area (Å²) in [6.07, 6.45) is 0.149. The van der Waals surface area contributed by atoms with Gasteiger partial charge < -0.3 is 35.6 Å². The maximum atomic E-state index is 13.9. The van der Waals surface area contributed by atoms with Gasteiger partial charge in [0.25, 0.3) is 5.91 Å². The van der Waals surface area contributed by atoms with Gasteiger partial charge in [0.15, 0.2) is 16.4 Å². The Kier molecular flexibility index (Phi) is 10.2. The number of ketones is 2. The lowest BCUT2D eigenvalue weighted by molar-refractivity contribution is -0.153. The molecule has 236 valence electrons. The third kappa shape index (κ3) is 5.89. The van der Waals surface area contributed by atoms with Crippen molar-refractivity contribution in [1.82, 2.24) is 4.90 Å². The first kappa shape index (κ1) is 35.4. The summed E-state index contributed by atoms with van der Waals surface area (Å²) in [5, 5.41) is 54.2. The number of nitrogens with zero attached hydrogens (tertiary/aromatic N) is 4. The zero-order chi connectivity index (χ0) is 32.1. The van der Waals surface area contributed by atoms with Crippen molar-refractivity contribution in [2.75, 3.05) is 32.1 Å². The number of hydrogen-bond donors (Lipinski definition) is 6. The summed E-state index contributed by atoms with van der Waals surface area (Å²) in [5.74, 6) is -7.36. The number of carbonyl (C=O) groups excluding carboxylic acids is 3. The standard InChI is InChI=1S/C25H29N5O7.ClH.H2O4S/c1-5-30(6-2)14-9-13(28-27)19(31)16-11(14)7-10-8-12-18(29(3)4)21(33)17(24(26)36)23(35)25(12,37)22(34)15(10)20(16)32;;1-5(2,3)4/h9-10,12,18,37H,5-8H2,1-4H3,(H4-,26,31,32,33,34,35,36);1H;(H2,1,2,3,4). The van der Waals surface area contributed by atoms with E-state index in [0.717, 1.165) is 0 Å². The molecule has 0 radical (unpaired) electrons. The number of amides is 1. The Bertz CT molecular complexity index is 1570. The van der Waals surface area contributed by atoms with E-state index in [4.69, 9.17) is 23.3 Å². The lowest BCUT2D eigenvalue weighted by Gasteiger charge is -2.50. The Hall–Kier alpha value is -3.79. The van der Waals surface area contributed by atoms with E-state index in [-0.39, 0.29) is 42.1 Å². The van der Waals surface area contributed by atoms with E-state index >= 15 is 0 Å². The van der Waals surface area contributed by atoms with E-state index in [1.807, 2.05) is 18.7 Å². The molecule has 0 aromatic heterocycles. The second-order valence-electron chi connectivity index (χ2n) is 10.3. The highest BCUT2D eigenvalue weighted by Crippen LogP contribution is 2.55. The first-order valence-corrected chi connectivity index (χ1v) is 14.0. The van der Waals surface area contributed by atoms with Gasteiger partial charge in [0.2, 0.25) is 27.3 Å². The average molecular weight is 646 g/mol. The third-order valence-electron chi connectivity index (χ3n) is 7.89. The molecule has 1 aromatic carbocycles. The van der Waals surface area contributed by atoms with Gasteiger partial charge in [-0.3, -0.25) is 23.8 Å². The second-order valence-corrected chi connectivity index (χ2v) is 11.1. The van der Waals surface area contributed by atoms with E-state index < -0.39 is 74.2 Å². The number of anilines is 1. The fourth-order valence-corrected chi connectivity index (χ4v) is 6.20. The van der Waals surface area contributed by atoms with Crippen molar-refractivity contribution in [1.29, 1.82) is 5.39 Å². The normalized spacial score (nSPS) is 24.6. The van der Waals surface area contributed by atoms with Crippen molar-refractivity contribution in [3.63, 3.8) is 0 Å². The van der Waals surface area contributed by atoms with Crippen molar-refractivity contribution in [2.45, 2.75) is 38.3 Å². The van der Waals surface area contributed by atoms with Crippen LogP contribution in [0.1, 0.15) is 31.4 Å². The minimum Gasteiger partial charge on any atom is -0.726 e. The van der Waals surface area contributed by atoms with Crippen LogP contribution in [0.15, 0.2) is 23.0 Å². The molecule has 7 N–H and O–H groups in total. The number of benzene rings is 1. The zero-order valence-electron chi connectivity index (χ0n) is 23.5. The van der Waals surface area contributed by atoms with Crippen LogP contribution >= 0.6 is 12.4 Å². The van der Waals surface area contributed by atoms with Crippen molar-refractivity contribution in [2.24, 2.45) is 17.6 Å². The molecule has 0 bridgehead atoms. The zero-order valence-corrected chi connectivity index (χ0v) is 25.1. The molecule has 0 aliphatic heterocycles. The van der Waals surface area contributed by atoms with Gasteiger partial charge in [-0.25, -0.2) is 8.42 Å². The van der Waals surface area contributed by atoms with Gasteiger partial charge in [-0.1, -0.05) is 0 Å². The number of Topliss-reactive ketones (excluding diaryl/α,β-unsaturated/α-hetero) is 2. The van der Waals surface area contributed by atoms with Gasteiger partial charge >= 0.3 is 5.69 Å². The molecule has 0 saturated heterocycles. The number of phenolic OH excluding ortho intramolecular Hbond substituents is 1. The van der Waals surface area contributed by atoms with E-state index in [1.54, 1.807) is 14.1 Å². The smallest absolute Gasteiger partial charge is 0.428 e. The molecule has 4 rings (SSSR count). The van der Waals surface area contributed by atoms with E-state index in [9.17, 15) is 40.2 Å². The summed E-state index contributed by atoms with van der Waals surface area (Å²) in [6, 6.07) is 0.338. The monoisotopic (exact) mass is 645 g/mol. The van der Waals surface area contributed by atoms with Crippen LogP contribution in [-0.4, -0.2) is 99.2 Å². The first-order valence-electron chi connectivity index (χ1n) is 12.7. The molecule has 1 amide bonds. The molecule has 0 spiro atoms. The molecular formula is C25H32ClN5O11S. The van der Waals surface area contributed by atoms with Gasteiger partial charge in [0, 0.05) is 30.3 Å². The molecule has 18 heteroatoms. The number of phenols is 1. The molecular weight excluding hydrogens is 614 g/mol. The quantitative estimate of drug-likeness (QED) is 0.111. The Morgan fingerprint density at radius 1 is 1.21 bits per heavy atom. The fourth-order valence-electron chi connectivity index (χ4n) is 6.20. The molecule has 3 aliphatic carbocycles. The minimum atomic E-state index is -4.92. The molecule has 1 aromatic rings. The number of diazo groups is 1. The largest absolute Gasteiger partial charge is 0.726 e. The molecule has 16 nitrogen and oxygen atoms in total. The van der Waals surface area contributed by atoms with Crippen molar-refractivity contribution in [3.8, 4) is 5.75 Å². The Morgan fingerprint density at radius 3 is 2.19 bits per heavy atom. The van der Waals surface area contributed by atoms with Crippen LogP contribution < -0.4 is 10.6 Å². The van der Waals surface area contributed by atoms with Gasteiger partial charge in [0.1, 0.15) is 17.1 Å². The predicted octanol–water partition coefficient (Wildman–Crippen LogP) is 0.721.